The monoisotopic (exact) mass is 565 g/mol. The summed E-state index contributed by atoms with van der Waals surface area (Å²) in [5.74, 6) is 1.34. The Morgan fingerprint density at radius 1 is 1.00 bits per heavy atom. The molecule has 0 N–H and O–H groups in total. The van der Waals surface area contributed by atoms with Gasteiger partial charge in [0.25, 0.3) is 0 Å². The molecule has 0 spiro atoms. The number of allylic oxidation sites excluding steroid dienone is 1. The van der Waals surface area contributed by atoms with Gasteiger partial charge in [-0.1, -0.05) is 72.3 Å². The number of fused-ring (bicyclic) bond motifs is 1. The maximum absolute atomic E-state index is 9.72. The maximum Gasteiger partial charge on any atom is 0.175 e. The van der Waals surface area contributed by atoms with Gasteiger partial charge in [0.15, 0.2) is 11.5 Å². The second-order valence-electron chi connectivity index (χ2n) is 7.34. The highest BCUT2D eigenvalue weighted by atomic mass is 127. The third kappa shape index (κ3) is 5.32. The summed E-state index contributed by atoms with van der Waals surface area (Å²) in [6.45, 7) is 2.87. The average molecular weight is 566 g/mol. The summed E-state index contributed by atoms with van der Waals surface area (Å²) in [4.78, 5) is 0. The van der Waals surface area contributed by atoms with E-state index in [0.29, 0.717) is 40.9 Å². The Bertz CT molecular complexity index is 1370. The van der Waals surface area contributed by atoms with Crippen molar-refractivity contribution >= 4 is 56.6 Å². The molecule has 0 fully saturated rings. The summed E-state index contributed by atoms with van der Waals surface area (Å²) < 4.78 is 13.1. The van der Waals surface area contributed by atoms with Crippen LogP contribution in [0.2, 0.25) is 5.02 Å². The highest BCUT2D eigenvalue weighted by Gasteiger charge is 2.14. The number of benzene rings is 4. The van der Waals surface area contributed by atoms with E-state index < -0.39 is 0 Å². The van der Waals surface area contributed by atoms with Crippen molar-refractivity contribution in [1.29, 1.82) is 5.26 Å². The molecular weight excluding hydrogens is 545 g/mol. The van der Waals surface area contributed by atoms with E-state index in [-0.39, 0.29) is 0 Å². The maximum atomic E-state index is 9.72. The van der Waals surface area contributed by atoms with Gasteiger partial charge in [-0.15, -0.1) is 0 Å². The molecule has 0 heterocycles. The Kier molecular flexibility index (Phi) is 7.54. The largest absolute Gasteiger partial charge is 0.490 e. The minimum Gasteiger partial charge on any atom is -0.490 e. The molecule has 0 bridgehead atoms. The third-order valence-corrected chi connectivity index (χ3v) is 6.31. The van der Waals surface area contributed by atoms with Crippen LogP contribution in [0.15, 0.2) is 78.9 Å². The van der Waals surface area contributed by atoms with E-state index in [2.05, 4.69) is 52.9 Å². The predicted molar refractivity (Wildman–Crippen MR) is 144 cm³/mol. The summed E-state index contributed by atoms with van der Waals surface area (Å²) in [6.07, 6.45) is 1.82. The van der Waals surface area contributed by atoms with Gasteiger partial charge in [0.1, 0.15) is 6.61 Å². The molecule has 0 aromatic heterocycles. The molecule has 4 aromatic carbocycles. The Morgan fingerprint density at radius 2 is 1.76 bits per heavy atom. The molecule has 0 atom stereocenters. The van der Waals surface area contributed by atoms with Crippen molar-refractivity contribution in [2.75, 3.05) is 6.61 Å². The van der Waals surface area contributed by atoms with Crippen molar-refractivity contribution in [1.82, 2.24) is 0 Å². The van der Waals surface area contributed by atoms with Crippen LogP contribution >= 0.6 is 34.2 Å². The van der Waals surface area contributed by atoms with Gasteiger partial charge in [-0.3, -0.25) is 0 Å². The van der Waals surface area contributed by atoms with Crippen LogP contribution in [0.1, 0.15) is 23.6 Å². The first kappa shape index (κ1) is 23.2. The lowest BCUT2D eigenvalue weighted by atomic mass is 10.0. The summed E-state index contributed by atoms with van der Waals surface area (Å²) in [6, 6.07) is 28.0. The number of halogens is 2. The van der Waals surface area contributed by atoms with Crippen molar-refractivity contribution in [2.24, 2.45) is 0 Å². The quantitative estimate of drug-likeness (QED) is 0.129. The Balaban J connectivity index is 1.67. The van der Waals surface area contributed by atoms with Crippen LogP contribution in [0.25, 0.3) is 22.4 Å². The van der Waals surface area contributed by atoms with Crippen LogP contribution in [0.5, 0.6) is 11.5 Å². The van der Waals surface area contributed by atoms with E-state index in [1.54, 1.807) is 6.07 Å². The number of hydrogen-bond donors (Lipinski definition) is 0. The standard InChI is InChI=1S/C28H21ClINO2/c1-2-32-27-16-19(14-22(17-31)24-12-5-6-13-25(24)29)15-26(30)28(27)33-18-21-10-7-9-20-8-3-4-11-23(20)21/h3-16H,2,18H2,1H3. The lowest BCUT2D eigenvalue weighted by Gasteiger charge is -2.16. The Hall–Kier alpha value is -3.01. The molecule has 0 aliphatic heterocycles. The number of rotatable bonds is 7. The number of nitriles is 1. The molecule has 0 saturated carbocycles. The van der Waals surface area contributed by atoms with Crippen molar-refractivity contribution in [3.05, 3.63) is 104 Å². The Morgan fingerprint density at radius 3 is 2.55 bits per heavy atom. The van der Waals surface area contributed by atoms with Crippen molar-refractivity contribution in [3.8, 4) is 17.6 Å². The van der Waals surface area contributed by atoms with Crippen LogP contribution in [0.4, 0.5) is 0 Å². The van der Waals surface area contributed by atoms with E-state index in [0.717, 1.165) is 14.7 Å². The average Bonchev–Trinajstić information content (AvgIpc) is 2.83. The van der Waals surface area contributed by atoms with Gasteiger partial charge in [-0.25, -0.2) is 0 Å². The smallest absolute Gasteiger partial charge is 0.175 e. The minimum absolute atomic E-state index is 0.426. The van der Waals surface area contributed by atoms with Gasteiger partial charge in [-0.05, 0) is 75.7 Å². The van der Waals surface area contributed by atoms with Crippen LogP contribution in [0, 0.1) is 14.9 Å². The van der Waals surface area contributed by atoms with Crippen molar-refractivity contribution < 1.29 is 9.47 Å². The van der Waals surface area contributed by atoms with Crippen LogP contribution < -0.4 is 9.47 Å². The lowest BCUT2D eigenvalue weighted by Crippen LogP contribution is -2.02. The fraction of sp³-hybridized carbons (Fsp3) is 0.107. The zero-order valence-electron chi connectivity index (χ0n) is 18.0. The second-order valence-corrected chi connectivity index (χ2v) is 8.91. The predicted octanol–water partition coefficient (Wildman–Crippen LogP) is 8.14. The minimum atomic E-state index is 0.426. The molecule has 0 radical (unpaired) electrons. The molecule has 0 aliphatic rings. The third-order valence-electron chi connectivity index (χ3n) is 5.18. The molecule has 0 saturated heterocycles. The molecule has 164 valence electrons. The highest BCUT2D eigenvalue weighted by Crippen LogP contribution is 2.37. The zero-order chi connectivity index (χ0) is 23.2. The fourth-order valence-corrected chi connectivity index (χ4v) is 4.68. The SMILES string of the molecule is CCOc1cc(C=C(C#N)c2ccccc2Cl)cc(I)c1OCc1cccc2ccccc12. The van der Waals surface area contributed by atoms with E-state index >= 15 is 0 Å². The summed E-state index contributed by atoms with van der Waals surface area (Å²) in [5, 5.41) is 12.6. The van der Waals surface area contributed by atoms with E-state index in [1.807, 2.05) is 61.5 Å². The van der Waals surface area contributed by atoms with Crippen molar-refractivity contribution in [3.63, 3.8) is 0 Å². The van der Waals surface area contributed by atoms with Crippen LogP contribution in [-0.2, 0) is 6.61 Å². The van der Waals surface area contributed by atoms with E-state index in [4.69, 9.17) is 21.1 Å². The van der Waals surface area contributed by atoms with Gasteiger partial charge in [0, 0.05) is 10.6 Å². The summed E-state index contributed by atoms with van der Waals surface area (Å²) in [7, 11) is 0. The summed E-state index contributed by atoms with van der Waals surface area (Å²) in [5.41, 5.74) is 3.15. The molecule has 0 amide bonds. The summed E-state index contributed by atoms with van der Waals surface area (Å²) >= 11 is 8.55. The molecule has 0 unspecified atom stereocenters. The van der Waals surface area contributed by atoms with Gasteiger partial charge >= 0.3 is 0 Å². The van der Waals surface area contributed by atoms with Crippen molar-refractivity contribution in [2.45, 2.75) is 13.5 Å². The second kappa shape index (κ2) is 10.7. The molecule has 4 rings (SSSR count). The first-order chi connectivity index (χ1) is 16.1. The molecule has 3 nitrogen and oxygen atoms in total. The van der Waals surface area contributed by atoms with E-state index in [9.17, 15) is 5.26 Å². The number of ether oxygens (including phenoxy) is 2. The number of nitrogens with zero attached hydrogens (tertiary/aromatic N) is 1. The lowest BCUT2D eigenvalue weighted by molar-refractivity contribution is 0.268. The van der Waals surface area contributed by atoms with Gasteiger partial charge in [0.05, 0.1) is 21.8 Å². The van der Waals surface area contributed by atoms with Gasteiger partial charge in [0.2, 0.25) is 0 Å². The normalized spacial score (nSPS) is 11.3. The topological polar surface area (TPSA) is 42.2 Å². The van der Waals surface area contributed by atoms with Gasteiger partial charge in [-0.2, -0.15) is 5.26 Å². The number of hydrogen-bond acceptors (Lipinski definition) is 3. The highest BCUT2D eigenvalue weighted by molar-refractivity contribution is 14.1. The van der Waals surface area contributed by atoms with Crippen LogP contribution in [-0.4, -0.2) is 6.61 Å². The van der Waals surface area contributed by atoms with Gasteiger partial charge < -0.3 is 9.47 Å². The molecule has 5 heteroatoms. The molecular formula is C28H21ClINO2. The van der Waals surface area contributed by atoms with E-state index in [1.165, 1.54) is 10.8 Å². The molecule has 4 aromatic rings. The fourth-order valence-electron chi connectivity index (χ4n) is 3.66. The first-order valence-corrected chi connectivity index (χ1v) is 12.0. The molecule has 33 heavy (non-hydrogen) atoms. The first-order valence-electron chi connectivity index (χ1n) is 10.5. The van der Waals surface area contributed by atoms with Crippen LogP contribution in [0.3, 0.4) is 0 Å². The Labute approximate surface area is 212 Å². The molecule has 0 aliphatic carbocycles. The zero-order valence-corrected chi connectivity index (χ0v) is 20.9.